The largest absolute Gasteiger partial charge is 0.480 e. The molecule has 24 heavy (non-hydrogen) atoms. The fraction of sp³-hybridized carbons (Fsp3) is 0.353. The van der Waals surface area contributed by atoms with Crippen LogP contribution >= 0.6 is 0 Å². The number of carbonyl (C=O) groups excluding carboxylic acids is 2. The third-order valence-corrected chi connectivity index (χ3v) is 4.60. The molecule has 1 aromatic carbocycles. The molecule has 0 aromatic heterocycles. The minimum Gasteiger partial charge on any atom is -0.480 e. The van der Waals surface area contributed by atoms with E-state index in [9.17, 15) is 19.5 Å². The summed E-state index contributed by atoms with van der Waals surface area (Å²) in [6.45, 7) is 5.38. The first-order chi connectivity index (χ1) is 11.3. The molecule has 0 radical (unpaired) electrons. The molecule has 0 spiro atoms. The lowest BCUT2D eigenvalue weighted by Crippen LogP contribution is -2.45. The molecular formula is C17H17N3O4. The lowest BCUT2D eigenvalue weighted by Gasteiger charge is -2.21. The molecule has 0 saturated heterocycles. The number of hydrogen-bond acceptors (Lipinski definition) is 5. The molecule has 7 heteroatoms. The number of rotatable bonds is 3. The van der Waals surface area contributed by atoms with Gasteiger partial charge in [0, 0.05) is 5.56 Å². The molecule has 2 atom stereocenters. The number of aliphatic imine (C=N–C) groups is 2. The van der Waals surface area contributed by atoms with Crippen LogP contribution in [0.3, 0.4) is 0 Å². The van der Waals surface area contributed by atoms with Crippen molar-refractivity contribution in [3.05, 3.63) is 29.8 Å². The Labute approximate surface area is 138 Å². The molecule has 0 saturated carbocycles. The van der Waals surface area contributed by atoms with Crippen molar-refractivity contribution in [3.63, 3.8) is 0 Å². The van der Waals surface area contributed by atoms with Crippen molar-refractivity contribution in [2.24, 2.45) is 21.8 Å². The standard InChI is InChI=1S/C17H17N3O4/c1-8(2)17(3)16(24)19-14(20-17)12-11(15(22)23)13(21)9-6-4-5-7-10(9)18-12/h4-8,11H,1-3H3,(H,22,23)(H,19,20,24). The molecule has 0 fully saturated rings. The number of carboxylic acid groups (broad SMARTS) is 1. The van der Waals surface area contributed by atoms with Crippen molar-refractivity contribution in [3.8, 4) is 0 Å². The van der Waals surface area contributed by atoms with Crippen LogP contribution in [0.5, 0.6) is 0 Å². The highest BCUT2D eigenvalue weighted by atomic mass is 16.4. The van der Waals surface area contributed by atoms with Gasteiger partial charge in [0.25, 0.3) is 5.91 Å². The van der Waals surface area contributed by atoms with E-state index >= 15 is 0 Å². The smallest absolute Gasteiger partial charge is 0.320 e. The van der Waals surface area contributed by atoms with Crippen molar-refractivity contribution < 1.29 is 19.5 Å². The number of amidine groups is 1. The third kappa shape index (κ3) is 2.24. The number of fused-ring (bicyclic) bond motifs is 1. The van der Waals surface area contributed by atoms with Gasteiger partial charge in [-0.25, -0.2) is 9.98 Å². The molecule has 2 aliphatic heterocycles. The zero-order valence-corrected chi connectivity index (χ0v) is 13.5. The van der Waals surface area contributed by atoms with E-state index in [1.807, 2.05) is 13.8 Å². The van der Waals surface area contributed by atoms with E-state index in [0.29, 0.717) is 5.69 Å². The molecule has 1 aromatic rings. The Bertz CT molecular complexity index is 825. The molecule has 2 unspecified atom stereocenters. The molecule has 2 aliphatic rings. The van der Waals surface area contributed by atoms with Crippen LogP contribution in [0, 0.1) is 11.8 Å². The lowest BCUT2D eigenvalue weighted by molar-refractivity contribution is -0.138. The lowest BCUT2D eigenvalue weighted by atomic mass is 9.88. The summed E-state index contributed by atoms with van der Waals surface area (Å²) < 4.78 is 0. The number of nitrogens with one attached hydrogen (secondary N) is 1. The van der Waals surface area contributed by atoms with Crippen LogP contribution < -0.4 is 5.32 Å². The second-order valence-corrected chi connectivity index (χ2v) is 6.37. The minimum absolute atomic E-state index is 0.0241. The van der Waals surface area contributed by atoms with Gasteiger partial charge in [-0.2, -0.15) is 0 Å². The normalized spacial score (nSPS) is 25.9. The van der Waals surface area contributed by atoms with Gasteiger partial charge in [0.15, 0.2) is 17.5 Å². The van der Waals surface area contributed by atoms with Gasteiger partial charge in [-0.3, -0.25) is 14.4 Å². The first kappa shape index (κ1) is 16.0. The number of ketones is 1. The highest BCUT2D eigenvalue weighted by molar-refractivity contribution is 6.54. The fourth-order valence-electron chi connectivity index (χ4n) is 2.73. The maximum Gasteiger partial charge on any atom is 0.320 e. The quantitative estimate of drug-likeness (QED) is 0.822. The van der Waals surface area contributed by atoms with Gasteiger partial charge in [0.05, 0.1) is 5.69 Å². The first-order valence-corrected chi connectivity index (χ1v) is 7.62. The summed E-state index contributed by atoms with van der Waals surface area (Å²) in [6.07, 6.45) is 0. The second kappa shape index (κ2) is 5.36. The summed E-state index contributed by atoms with van der Waals surface area (Å²) in [5.74, 6) is -3.71. The Hall–Kier alpha value is -2.83. The van der Waals surface area contributed by atoms with Gasteiger partial charge in [0.2, 0.25) is 0 Å². The third-order valence-electron chi connectivity index (χ3n) is 4.60. The topological polar surface area (TPSA) is 108 Å². The van der Waals surface area contributed by atoms with Crippen LogP contribution in [-0.4, -0.2) is 39.9 Å². The van der Waals surface area contributed by atoms with Crippen LogP contribution in [0.4, 0.5) is 5.69 Å². The zero-order chi connectivity index (χ0) is 17.6. The first-order valence-electron chi connectivity index (χ1n) is 7.62. The van der Waals surface area contributed by atoms with Crippen LogP contribution in [0.15, 0.2) is 34.3 Å². The molecular weight excluding hydrogens is 310 g/mol. The van der Waals surface area contributed by atoms with E-state index in [1.165, 1.54) is 0 Å². The van der Waals surface area contributed by atoms with Gasteiger partial charge < -0.3 is 10.4 Å². The number of aliphatic carboxylic acids is 1. The van der Waals surface area contributed by atoms with E-state index in [4.69, 9.17) is 0 Å². The van der Waals surface area contributed by atoms with Crippen molar-refractivity contribution in [1.29, 1.82) is 0 Å². The van der Waals surface area contributed by atoms with Gasteiger partial charge in [-0.1, -0.05) is 26.0 Å². The molecule has 124 valence electrons. The van der Waals surface area contributed by atoms with Crippen molar-refractivity contribution in [1.82, 2.24) is 5.32 Å². The van der Waals surface area contributed by atoms with Gasteiger partial charge in [-0.05, 0) is 25.0 Å². The average molecular weight is 327 g/mol. The number of carbonyl (C=O) groups is 3. The number of nitrogens with zero attached hydrogens (tertiary/aromatic N) is 2. The summed E-state index contributed by atoms with van der Waals surface area (Å²) in [5.41, 5.74) is -0.403. The molecule has 7 nitrogen and oxygen atoms in total. The van der Waals surface area contributed by atoms with Crippen molar-refractivity contribution in [2.75, 3.05) is 0 Å². The second-order valence-electron chi connectivity index (χ2n) is 6.37. The predicted octanol–water partition coefficient (Wildman–Crippen LogP) is 1.60. The van der Waals surface area contributed by atoms with Crippen LogP contribution in [0.1, 0.15) is 31.1 Å². The molecule has 2 heterocycles. The summed E-state index contributed by atoms with van der Waals surface area (Å²) >= 11 is 0. The summed E-state index contributed by atoms with van der Waals surface area (Å²) in [5, 5.41) is 12.1. The van der Waals surface area contributed by atoms with Crippen LogP contribution in [0.25, 0.3) is 0 Å². The maximum atomic E-state index is 12.6. The number of hydrogen-bond donors (Lipinski definition) is 2. The van der Waals surface area contributed by atoms with E-state index in [-0.39, 0.29) is 28.9 Å². The van der Waals surface area contributed by atoms with Gasteiger partial charge in [0.1, 0.15) is 11.3 Å². The summed E-state index contributed by atoms with van der Waals surface area (Å²) in [6, 6.07) is 6.54. The Morgan fingerprint density at radius 2 is 1.96 bits per heavy atom. The zero-order valence-electron chi connectivity index (χ0n) is 13.5. The highest BCUT2D eigenvalue weighted by Crippen LogP contribution is 2.32. The van der Waals surface area contributed by atoms with Crippen LogP contribution in [-0.2, 0) is 9.59 Å². The van der Waals surface area contributed by atoms with Crippen molar-refractivity contribution in [2.45, 2.75) is 26.3 Å². The minimum atomic E-state index is -1.48. The highest BCUT2D eigenvalue weighted by Gasteiger charge is 2.47. The van der Waals surface area contributed by atoms with E-state index in [2.05, 4.69) is 15.3 Å². The average Bonchev–Trinajstić information content (AvgIpc) is 2.83. The summed E-state index contributed by atoms with van der Waals surface area (Å²) in [4.78, 5) is 45.2. The maximum absolute atomic E-state index is 12.6. The number of benzene rings is 1. The molecule has 0 bridgehead atoms. The summed E-state index contributed by atoms with van der Waals surface area (Å²) in [7, 11) is 0. The number of para-hydroxylation sites is 1. The SMILES string of the molecule is CC(C)C1(C)N=C(C2=Nc3ccccc3C(=O)C2C(=O)O)NC1=O. The molecule has 2 N–H and O–H groups in total. The Morgan fingerprint density at radius 3 is 2.54 bits per heavy atom. The number of amides is 1. The Kier molecular flexibility index (Phi) is 3.59. The fourth-order valence-corrected chi connectivity index (χ4v) is 2.73. The predicted molar refractivity (Wildman–Crippen MR) is 87.8 cm³/mol. The Balaban J connectivity index is 2.15. The monoisotopic (exact) mass is 327 g/mol. The number of Topliss-reactive ketones (excluding diaryl/α,β-unsaturated/α-hetero) is 1. The molecule has 1 amide bonds. The van der Waals surface area contributed by atoms with Crippen LogP contribution in [0.2, 0.25) is 0 Å². The number of carboxylic acids is 1. The van der Waals surface area contributed by atoms with Gasteiger partial charge >= 0.3 is 5.97 Å². The molecule has 0 aliphatic carbocycles. The van der Waals surface area contributed by atoms with E-state index in [0.717, 1.165) is 0 Å². The van der Waals surface area contributed by atoms with Gasteiger partial charge in [-0.15, -0.1) is 0 Å². The van der Waals surface area contributed by atoms with E-state index in [1.54, 1.807) is 31.2 Å². The Morgan fingerprint density at radius 1 is 1.29 bits per heavy atom. The van der Waals surface area contributed by atoms with E-state index < -0.39 is 23.2 Å². The molecule has 3 rings (SSSR count). The van der Waals surface area contributed by atoms with Crippen molar-refractivity contribution >= 4 is 34.9 Å².